The second-order valence-electron chi connectivity index (χ2n) is 4.67. The minimum Gasteiger partial charge on any atom is -0.313 e. The van der Waals surface area contributed by atoms with E-state index in [1.165, 1.54) is 42.4 Å². The molecular formula is C15H25N. The van der Waals surface area contributed by atoms with E-state index in [9.17, 15) is 0 Å². The second-order valence-corrected chi connectivity index (χ2v) is 4.67. The Morgan fingerprint density at radius 3 is 2.56 bits per heavy atom. The van der Waals surface area contributed by atoms with E-state index >= 15 is 0 Å². The zero-order valence-electron chi connectivity index (χ0n) is 11.0. The number of benzene rings is 1. The number of hydrogen-bond acceptors (Lipinski definition) is 1. The zero-order valence-corrected chi connectivity index (χ0v) is 11.0. The SMILES string of the molecule is CCCCCCNCc1ccc(C)cc1C. The monoisotopic (exact) mass is 219 g/mol. The molecule has 1 heteroatoms. The summed E-state index contributed by atoms with van der Waals surface area (Å²) in [5, 5.41) is 3.52. The fraction of sp³-hybridized carbons (Fsp3) is 0.600. The van der Waals surface area contributed by atoms with Crippen molar-refractivity contribution in [2.75, 3.05) is 6.54 Å². The summed E-state index contributed by atoms with van der Waals surface area (Å²) in [7, 11) is 0. The quantitative estimate of drug-likeness (QED) is 0.684. The van der Waals surface area contributed by atoms with Crippen molar-refractivity contribution in [1.29, 1.82) is 0 Å². The van der Waals surface area contributed by atoms with Gasteiger partial charge in [0.1, 0.15) is 0 Å². The third-order valence-electron chi connectivity index (χ3n) is 3.02. The Morgan fingerprint density at radius 2 is 1.88 bits per heavy atom. The molecule has 90 valence electrons. The first kappa shape index (κ1) is 13.2. The van der Waals surface area contributed by atoms with Gasteiger partial charge in [-0.1, -0.05) is 49.9 Å². The lowest BCUT2D eigenvalue weighted by atomic mass is 10.1. The molecule has 0 aliphatic carbocycles. The lowest BCUT2D eigenvalue weighted by Gasteiger charge is -2.08. The van der Waals surface area contributed by atoms with Gasteiger partial charge in [-0.15, -0.1) is 0 Å². The van der Waals surface area contributed by atoms with Crippen LogP contribution in [0.4, 0.5) is 0 Å². The summed E-state index contributed by atoms with van der Waals surface area (Å²) in [6.45, 7) is 8.75. The third kappa shape index (κ3) is 4.80. The van der Waals surface area contributed by atoms with Crippen molar-refractivity contribution in [2.24, 2.45) is 0 Å². The van der Waals surface area contributed by atoms with Crippen molar-refractivity contribution in [3.05, 3.63) is 34.9 Å². The molecule has 0 heterocycles. The van der Waals surface area contributed by atoms with Gasteiger partial charge in [0.15, 0.2) is 0 Å². The van der Waals surface area contributed by atoms with Crippen molar-refractivity contribution in [1.82, 2.24) is 5.32 Å². The van der Waals surface area contributed by atoms with Gasteiger partial charge in [-0.3, -0.25) is 0 Å². The fourth-order valence-corrected chi connectivity index (χ4v) is 1.94. The van der Waals surface area contributed by atoms with Crippen LogP contribution >= 0.6 is 0 Å². The largest absolute Gasteiger partial charge is 0.313 e. The molecule has 0 fully saturated rings. The van der Waals surface area contributed by atoms with Crippen LogP contribution in [0.3, 0.4) is 0 Å². The van der Waals surface area contributed by atoms with E-state index in [0.717, 1.165) is 13.1 Å². The van der Waals surface area contributed by atoms with Crippen LogP contribution in [0, 0.1) is 13.8 Å². The molecule has 0 saturated heterocycles. The zero-order chi connectivity index (χ0) is 11.8. The van der Waals surface area contributed by atoms with Gasteiger partial charge in [0.25, 0.3) is 0 Å². The predicted molar refractivity (Wildman–Crippen MR) is 71.8 cm³/mol. The van der Waals surface area contributed by atoms with Crippen LogP contribution < -0.4 is 5.32 Å². The van der Waals surface area contributed by atoms with E-state index < -0.39 is 0 Å². The summed E-state index contributed by atoms with van der Waals surface area (Å²) in [5.74, 6) is 0. The molecular weight excluding hydrogens is 194 g/mol. The summed E-state index contributed by atoms with van der Waals surface area (Å²) in [6.07, 6.45) is 5.34. The van der Waals surface area contributed by atoms with Crippen molar-refractivity contribution < 1.29 is 0 Å². The Hall–Kier alpha value is -0.820. The number of nitrogens with one attached hydrogen (secondary N) is 1. The minimum absolute atomic E-state index is 1.01. The first-order chi connectivity index (χ1) is 7.74. The highest BCUT2D eigenvalue weighted by Gasteiger charge is 1.97. The van der Waals surface area contributed by atoms with E-state index in [4.69, 9.17) is 0 Å². The molecule has 0 aromatic heterocycles. The summed E-state index contributed by atoms with van der Waals surface area (Å²) in [6, 6.07) is 6.69. The molecule has 1 aromatic rings. The molecule has 0 aliphatic rings. The van der Waals surface area contributed by atoms with Crippen LogP contribution in [-0.4, -0.2) is 6.54 Å². The number of aryl methyl sites for hydroxylation is 2. The van der Waals surface area contributed by atoms with E-state index in [-0.39, 0.29) is 0 Å². The molecule has 0 bridgehead atoms. The second kappa shape index (κ2) is 7.45. The Bertz CT molecular complexity index is 304. The van der Waals surface area contributed by atoms with Crippen molar-refractivity contribution in [3.63, 3.8) is 0 Å². The highest BCUT2D eigenvalue weighted by atomic mass is 14.8. The number of unbranched alkanes of at least 4 members (excludes halogenated alkanes) is 3. The number of rotatable bonds is 7. The van der Waals surface area contributed by atoms with Crippen LogP contribution in [0.15, 0.2) is 18.2 Å². The molecule has 16 heavy (non-hydrogen) atoms. The van der Waals surface area contributed by atoms with Crippen LogP contribution in [0.5, 0.6) is 0 Å². The molecule has 0 saturated carbocycles. The molecule has 0 unspecified atom stereocenters. The van der Waals surface area contributed by atoms with E-state index in [2.05, 4.69) is 44.3 Å². The lowest BCUT2D eigenvalue weighted by molar-refractivity contribution is 0.597. The average molecular weight is 219 g/mol. The molecule has 1 aromatic carbocycles. The Labute approximate surface area is 100 Å². The molecule has 1 N–H and O–H groups in total. The van der Waals surface area contributed by atoms with Crippen LogP contribution in [0.25, 0.3) is 0 Å². The molecule has 0 radical (unpaired) electrons. The van der Waals surface area contributed by atoms with Crippen LogP contribution in [0.1, 0.15) is 49.3 Å². The highest BCUT2D eigenvalue weighted by Crippen LogP contribution is 2.10. The highest BCUT2D eigenvalue weighted by molar-refractivity contribution is 5.30. The number of hydrogen-bond donors (Lipinski definition) is 1. The van der Waals surface area contributed by atoms with E-state index in [1.807, 2.05) is 0 Å². The van der Waals surface area contributed by atoms with Gasteiger partial charge >= 0.3 is 0 Å². The normalized spacial score (nSPS) is 10.7. The van der Waals surface area contributed by atoms with Gasteiger partial charge in [-0.2, -0.15) is 0 Å². The van der Waals surface area contributed by atoms with Crippen molar-refractivity contribution >= 4 is 0 Å². The Morgan fingerprint density at radius 1 is 1.06 bits per heavy atom. The Kier molecular flexibility index (Phi) is 6.17. The van der Waals surface area contributed by atoms with Gasteiger partial charge in [-0.25, -0.2) is 0 Å². The topological polar surface area (TPSA) is 12.0 Å². The van der Waals surface area contributed by atoms with Gasteiger partial charge in [0, 0.05) is 6.54 Å². The van der Waals surface area contributed by atoms with Gasteiger partial charge in [-0.05, 0) is 37.9 Å². The van der Waals surface area contributed by atoms with Crippen LogP contribution in [0.2, 0.25) is 0 Å². The molecule has 0 amide bonds. The smallest absolute Gasteiger partial charge is 0.0208 e. The van der Waals surface area contributed by atoms with Gasteiger partial charge in [0.2, 0.25) is 0 Å². The third-order valence-corrected chi connectivity index (χ3v) is 3.02. The first-order valence-electron chi connectivity index (χ1n) is 6.51. The molecule has 1 rings (SSSR count). The van der Waals surface area contributed by atoms with E-state index in [0.29, 0.717) is 0 Å². The summed E-state index contributed by atoms with van der Waals surface area (Å²) in [5.41, 5.74) is 4.19. The summed E-state index contributed by atoms with van der Waals surface area (Å²) >= 11 is 0. The van der Waals surface area contributed by atoms with E-state index in [1.54, 1.807) is 0 Å². The van der Waals surface area contributed by atoms with Crippen LogP contribution in [-0.2, 0) is 6.54 Å². The molecule has 0 aliphatic heterocycles. The van der Waals surface area contributed by atoms with Crippen molar-refractivity contribution in [2.45, 2.75) is 53.0 Å². The van der Waals surface area contributed by atoms with Crippen molar-refractivity contribution in [3.8, 4) is 0 Å². The lowest BCUT2D eigenvalue weighted by Crippen LogP contribution is -2.15. The maximum Gasteiger partial charge on any atom is 0.0208 e. The Balaban J connectivity index is 2.21. The fourth-order valence-electron chi connectivity index (χ4n) is 1.94. The standard InChI is InChI=1S/C15H25N/c1-4-5-6-7-10-16-12-15-9-8-13(2)11-14(15)3/h8-9,11,16H,4-7,10,12H2,1-3H3. The first-order valence-corrected chi connectivity index (χ1v) is 6.51. The molecule has 0 spiro atoms. The summed E-state index contributed by atoms with van der Waals surface area (Å²) < 4.78 is 0. The average Bonchev–Trinajstić information content (AvgIpc) is 2.26. The van der Waals surface area contributed by atoms with Gasteiger partial charge < -0.3 is 5.32 Å². The molecule has 0 atom stereocenters. The minimum atomic E-state index is 1.01. The van der Waals surface area contributed by atoms with Gasteiger partial charge in [0.05, 0.1) is 0 Å². The maximum atomic E-state index is 3.52. The summed E-state index contributed by atoms with van der Waals surface area (Å²) in [4.78, 5) is 0. The maximum absolute atomic E-state index is 3.52. The molecule has 1 nitrogen and oxygen atoms in total. The predicted octanol–water partition coefficient (Wildman–Crippen LogP) is 3.97.